The molecule has 0 heterocycles. The van der Waals surface area contributed by atoms with Crippen LogP contribution in [0.2, 0.25) is 0 Å². The minimum Gasteiger partial charge on any atom is -0.365 e. The molecule has 0 fully saturated rings. The van der Waals surface area contributed by atoms with Gasteiger partial charge in [-0.1, -0.05) is 0 Å². The summed E-state index contributed by atoms with van der Waals surface area (Å²) >= 11 is 3.05. The van der Waals surface area contributed by atoms with Crippen LogP contribution in [0, 0.1) is 28.6 Å². The summed E-state index contributed by atoms with van der Waals surface area (Å²) in [6.45, 7) is 0. The predicted molar refractivity (Wildman–Crippen MR) is 79.9 cm³/mol. The Bertz CT molecular complexity index is 349. The summed E-state index contributed by atoms with van der Waals surface area (Å²) in [5, 5.41) is 18.3. The highest BCUT2D eigenvalue weighted by molar-refractivity contribution is 8.17. The van der Waals surface area contributed by atoms with Crippen molar-refractivity contribution in [2.45, 2.75) is 4.08 Å². The van der Waals surface area contributed by atoms with Crippen LogP contribution >= 0.6 is 23.5 Å². The van der Waals surface area contributed by atoms with Crippen molar-refractivity contribution in [3.63, 3.8) is 0 Å². The lowest BCUT2D eigenvalue weighted by Gasteiger charge is -2.32. The van der Waals surface area contributed by atoms with Crippen LogP contribution in [0.3, 0.4) is 0 Å². The van der Waals surface area contributed by atoms with Crippen molar-refractivity contribution in [1.29, 1.82) is 10.5 Å². The maximum Gasteiger partial charge on any atom is 0.160 e. The highest BCUT2D eigenvalue weighted by Gasteiger charge is 2.37. The molecule has 0 N–H and O–H groups in total. The standard InChI is InChI=1S/C12H20N4S2/c1-15(2)11(16(3)4)7-12(17-5,18-6)10(8-13)9-14/h7,10H,1-6H3. The number of nitrogens with zero attached hydrogens (tertiary/aromatic N) is 4. The van der Waals surface area contributed by atoms with Gasteiger partial charge in [-0.25, -0.2) is 0 Å². The highest BCUT2D eigenvalue weighted by Crippen LogP contribution is 2.43. The van der Waals surface area contributed by atoms with Gasteiger partial charge in [0, 0.05) is 28.2 Å². The van der Waals surface area contributed by atoms with Gasteiger partial charge >= 0.3 is 0 Å². The Hall–Kier alpha value is -0.980. The molecule has 0 aromatic heterocycles. The van der Waals surface area contributed by atoms with Crippen LogP contribution in [-0.4, -0.2) is 54.6 Å². The molecular weight excluding hydrogens is 264 g/mol. The molecule has 0 aliphatic rings. The van der Waals surface area contributed by atoms with E-state index in [0.29, 0.717) is 0 Å². The molecule has 0 aromatic carbocycles. The first kappa shape index (κ1) is 17.0. The quantitative estimate of drug-likeness (QED) is 0.696. The lowest BCUT2D eigenvalue weighted by molar-refractivity contribution is 0.339. The van der Waals surface area contributed by atoms with Crippen molar-refractivity contribution in [2.75, 3.05) is 40.7 Å². The van der Waals surface area contributed by atoms with Gasteiger partial charge in [0.2, 0.25) is 0 Å². The second-order valence-electron chi connectivity index (χ2n) is 4.11. The average Bonchev–Trinajstić information content (AvgIpc) is 2.33. The Kier molecular flexibility index (Phi) is 7.05. The van der Waals surface area contributed by atoms with Crippen LogP contribution in [0.5, 0.6) is 0 Å². The van der Waals surface area contributed by atoms with E-state index in [1.165, 1.54) is 23.5 Å². The predicted octanol–water partition coefficient (Wildman–Crippen LogP) is 2.04. The zero-order valence-corrected chi connectivity index (χ0v) is 13.4. The monoisotopic (exact) mass is 284 g/mol. The molecular formula is C12H20N4S2. The summed E-state index contributed by atoms with van der Waals surface area (Å²) in [5.74, 6) is 0.298. The summed E-state index contributed by atoms with van der Waals surface area (Å²) < 4.78 is -0.548. The largest absolute Gasteiger partial charge is 0.365 e. The number of rotatable bonds is 6. The van der Waals surface area contributed by atoms with E-state index in [4.69, 9.17) is 10.5 Å². The Morgan fingerprint density at radius 3 is 1.67 bits per heavy atom. The van der Waals surface area contributed by atoms with Crippen molar-refractivity contribution in [1.82, 2.24) is 9.80 Å². The second-order valence-corrected chi connectivity index (χ2v) is 6.54. The van der Waals surface area contributed by atoms with E-state index < -0.39 is 10.00 Å². The molecule has 4 nitrogen and oxygen atoms in total. The van der Waals surface area contributed by atoms with Crippen LogP contribution in [-0.2, 0) is 0 Å². The minimum absolute atomic E-state index is 0.548. The van der Waals surface area contributed by atoms with E-state index in [0.717, 1.165) is 5.82 Å². The molecule has 18 heavy (non-hydrogen) atoms. The van der Waals surface area contributed by atoms with Crippen molar-refractivity contribution >= 4 is 23.5 Å². The molecule has 0 aromatic rings. The third kappa shape index (κ3) is 3.76. The third-order valence-electron chi connectivity index (χ3n) is 2.55. The summed E-state index contributed by atoms with van der Waals surface area (Å²) in [7, 11) is 7.80. The Labute approximate surface area is 119 Å². The molecule has 100 valence electrons. The van der Waals surface area contributed by atoms with Crippen LogP contribution in [0.25, 0.3) is 0 Å². The van der Waals surface area contributed by atoms with Crippen LogP contribution < -0.4 is 0 Å². The molecule has 0 aliphatic carbocycles. The minimum atomic E-state index is -0.683. The number of thioether (sulfide) groups is 2. The summed E-state index contributed by atoms with van der Waals surface area (Å²) in [5.41, 5.74) is 0. The fourth-order valence-corrected chi connectivity index (χ4v) is 3.36. The van der Waals surface area contributed by atoms with E-state index in [1.807, 2.05) is 56.6 Å². The topological polar surface area (TPSA) is 54.1 Å². The molecule has 0 rings (SSSR count). The molecule has 0 atom stereocenters. The second kappa shape index (κ2) is 7.45. The van der Waals surface area contributed by atoms with E-state index in [-0.39, 0.29) is 0 Å². The van der Waals surface area contributed by atoms with E-state index in [2.05, 4.69) is 12.1 Å². The van der Waals surface area contributed by atoms with Crippen molar-refractivity contribution in [3.05, 3.63) is 11.9 Å². The van der Waals surface area contributed by atoms with Crippen LogP contribution in [0.4, 0.5) is 0 Å². The first-order chi connectivity index (χ1) is 8.38. The van der Waals surface area contributed by atoms with Gasteiger partial charge in [0.1, 0.15) is 9.90 Å². The Balaban J connectivity index is 5.70. The molecule has 0 aliphatic heterocycles. The number of hydrogen-bond donors (Lipinski definition) is 0. The smallest absolute Gasteiger partial charge is 0.160 e. The maximum absolute atomic E-state index is 9.16. The van der Waals surface area contributed by atoms with Gasteiger partial charge in [-0.3, -0.25) is 0 Å². The lowest BCUT2D eigenvalue weighted by Crippen LogP contribution is -2.32. The molecule has 0 saturated heterocycles. The summed E-state index contributed by atoms with van der Waals surface area (Å²) in [4.78, 5) is 3.96. The molecule has 0 radical (unpaired) electrons. The van der Waals surface area contributed by atoms with E-state index in [9.17, 15) is 0 Å². The molecule has 0 amide bonds. The normalized spacial score (nSPS) is 10.5. The van der Waals surface area contributed by atoms with Gasteiger partial charge in [0.25, 0.3) is 0 Å². The van der Waals surface area contributed by atoms with Crippen molar-refractivity contribution < 1.29 is 0 Å². The summed E-state index contributed by atoms with van der Waals surface area (Å²) in [6.07, 6.45) is 5.86. The van der Waals surface area contributed by atoms with E-state index in [1.54, 1.807) is 0 Å². The lowest BCUT2D eigenvalue weighted by atomic mass is 10.1. The number of nitriles is 2. The zero-order chi connectivity index (χ0) is 14.3. The van der Waals surface area contributed by atoms with Gasteiger partial charge in [-0.05, 0) is 18.6 Å². The van der Waals surface area contributed by atoms with E-state index >= 15 is 0 Å². The third-order valence-corrected chi connectivity index (χ3v) is 5.53. The van der Waals surface area contributed by atoms with Gasteiger partial charge in [0.05, 0.1) is 12.1 Å². The van der Waals surface area contributed by atoms with Gasteiger partial charge in [-0.15, -0.1) is 23.5 Å². The Morgan fingerprint density at radius 2 is 1.44 bits per heavy atom. The Morgan fingerprint density at radius 1 is 1.06 bits per heavy atom. The van der Waals surface area contributed by atoms with Crippen molar-refractivity contribution in [3.8, 4) is 12.1 Å². The average molecular weight is 284 g/mol. The van der Waals surface area contributed by atoms with Crippen LogP contribution in [0.1, 0.15) is 0 Å². The number of hydrogen-bond acceptors (Lipinski definition) is 6. The fourth-order valence-electron chi connectivity index (χ4n) is 1.57. The molecule has 0 spiro atoms. The van der Waals surface area contributed by atoms with Gasteiger partial charge in [-0.2, -0.15) is 10.5 Å². The van der Waals surface area contributed by atoms with Crippen molar-refractivity contribution in [2.24, 2.45) is 5.92 Å². The SMILES string of the molecule is CSC(C=C(N(C)C)N(C)C)(SC)C(C#N)C#N. The molecule has 0 bridgehead atoms. The first-order valence-corrected chi connectivity index (χ1v) is 7.80. The van der Waals surface area contributed by atoms with Crippen LogP contribution in [0.15, 0.2) is 11.9 Å². The van der Waals surface area contributed by atoms with Gasteiger partial charge < -0.3 is 9.80 Å². The maximum atomic E-state index is 9.16. The molecule has 0 saturated carbocycles. The molecule has 6 heteroatoms. The fraction of sp³-hybridized carbons (Fsp3) is 0.667. The zero-order valence-electron chi connectivity index (χ0n) is 11.8. The highest BCUT2D eigenvalue weighted by atomic mass is 32.2. The molecule has 0 unspecified atom stereocenters. The summed E-state index contributed by atoms with van der Waals surface area (Å²) in [6, 6.07) is 4.19. The first-order valence-electron chi connectivity index (χ1n) is 5.35. The van der Waals surface area contributed by atoms with Gasteiger partial charge in [0.15, 0.2) is 5.92 Å².